The summed E-state index contributed by atoms with van der Waals surface area (Å²) in [5.74, 6) is -0.0666. The van der Waals surface area contributed by atoms with Gasteiger partial charge in [-0.2, -0.15) is 0 Å². The van der Waals surface area contributed by atoms with E-state index in [4.69, 9.17) is 9.84 Å². The van der Waals surface area contributed by atoms with E-state index in [1.165, 1.54) is 6.07 Å². The molecule has 1 N–H and O–H groups in total. The molecule has 2 aromatic rings. The molecule has 5 heteroatoms. The summed E-state index contributed by atoms with van der Waals surface area (Å²) in [7, 11) is 0.313. The molecule has 0 amide bonds. The zero-order valence-electron chi connectivity index (χ0n) is 10.9. The second-order valence-corrected chi connectivity index (χ2v) is 5.63. The molecule has 0 fully saturated rings. The number of carbonyl (C=O) groups is 1. The molecule has 2 aromatic carbocycles. The quantitative estimate of drug-likeness (QED) is 0.919. The van der Waals surface area contributed by atoms with E-state index >= 15 is 0 Å². The lowest BCUT2D eigenvalue weighted by atomic mass is 10.1. The normalized spacial score (nSPS) is 11.8. The zero-order valence-corrected chi connectivity index (χ0v) is 11.7. The maximum Gasteiger partial charge on any atom is 0.335 e. The highest BCUT2D eigenvalue weighted by atomic mass is 32.2. The minimum Gasteiger partial charge on any atom is -0.497 e. The van der Waals surface area contributed by atoms with Crippen LogP contribution in [0.2, 0.25) is 0 Å². The Balaban J connectivity index is 2.18. The van der Waals surface area contributed by atoms with Crippen molar-refractivity contribution in [1.29, 1.82) is 0 Å². The summed E-state index contributed by atoms with van der Waals surface area (Å²) in [5.41, 5.74) is 0.927. The average Bonchev–Trinajstić information content (AvgIpc) is 2.47. The van der Waals surface area contributed by atoms with Crippen molar-refractivity contribution in [2.45, 2.75) is 10.6 Å². The van der Waals surface area contributed by atoms with Crippen molar-refractivity contribution in [2.24, 2.45) is 0 Å². The van der Waals surface area contributed by atoms with Gasteiger partial charge in [-0.25, -0.2) is 4.79 Å². The smallest absolute Gasteiger partial charge is 0.335 e. The second-order valence-electron chi connectivity index (χ2n) is 4.17. The number of aromatic carboxylic acids is 1. The van der Waals surface area contributed by atoms with Gasteiger partial charge in [-0.1, -0.05) is 18.2 Å². The van der Waals surface area contributed by atoms with Gasteiger partial charge in [0.1, 0.15) is 5.75 Å². The van der Waals surface area contributed by atoms with Crippen LogP contribution in [0.1, 0.15) is 15.9 Å². The molecule has 0 aliphatic rings. The molecule has 0 bridgehead atoms. The van der Waals surface area contributed by atoms with Gasteiger partial charge >= 0.3 is 5.97 Å². The molecule has 0 heterocycles. The highest BCUT2D eigenvalue weighted by Gasteiger charge is 2.09. The fourth-order valence-electron chi connectivity index (χ4n) is 1.77. The molecule has 0 radical (unpaired) electrons. The van der Waals surface area contributed by atoms with Crippen LogP contribution >= 0.6 is 0 Å². The first-order chi connectivity index (χ1) is 9.60. The molecule has 0 aliphatic carbocycles. The predicted octanol–water partition coefficient (Wildman–Crippen LogP) is 2.70. The number of benzene rings is 2. The van der Waals surface area contributed by atoms with E-state index < -0.39 is 16.8 Å². The van der Waals surface area contributed by atoms with Crippen LogP contribution in [-0.4, -0.2) is 22.4 Å². The Kier molecular flexibility index (Phi) is 4.53. The van der Waals surface area contributed by atoms with Gasteiger partial charge in [-0.15, -0.1) is 0 Å². The Hall–Kier alpha value is -2.14. The lowest BCUT2D eigenvalue weighted by Crippen LogP contribution is -2.00. The van der Waals surface area contributed by atoms with Crippen LogP contribution in [0, 0.1) is 0 Å². The third kappa shape index (κ3) is 3.45. The van der Waals surface area contributed by atoms with E-state index in [0.717, 1.165) is 5.56 Å². The van der Waals surface area contributed by atoms with Crippen molar-refractivity contribution in [3.05, 3.63) is 59.7 Å². The summed E-state index contributed by atoms with van der Waals surface area (Å²) in [4.78, 5) is 11.6. The molecule has 2 rings (SSSR count). The summed E-state index contributed by atoms with van der Waals surface area (Å²) in [6.45, 7) is 0. The van der Waals surface area contributed by atoms with Crippen LogP contribution in [0.25, 0.3) is 0 Å². The number of carboxylic acids is 1. The molecule has 0 saturated carbocycles. The third-order valence-corrected chi connectivity index (χ3v) is 4.15. The number of methoxy groups -OCH3 is 1. The van der Waals surface area contributed by atoms with Crippen molar-refractivity contribution in [3.63, 3.8) is 0 Å². The summed E-state index contributed by atoms with van der Waals surface area (Å²) < 4.78 is 17.4. The van der Waals surface area contributed by atoms with E-state index in [-0.39, 0.29) is 11.3 Å². The first-order valence-electron chi connectivity index (χ1n) is 5.95. The molecular weight excluding hydrogens is 276 g/mol. The Morgan fingerprint density at radius 1 is 1.20 bits per heavy atom. The SMILES string of the molecule is COc1cccc(S(=O)Cc2cccc(C(=O)O)c2)c1. The van der Waals surface area contributed by atoms with Gasteiger partial charge in [0.05, 0.1) is 29.2 Å². The molecule has 0 aliphatic heterocycles. The zero-order chi connectivity index (χ0) is 14.5. The molecule has 1 atom stereocenters. The van der Waals surface area contributed by atoms with Crippen LogP contribution in [0.3, 0.4) is 0 Å². The topological polar surface area (TPSA) is 63.6 Å². The first kappa shape index (κ1) is 14.3. The summed E-state index contributed by atoms with van der Waals surface area (Å²) >= 11 is 0. The van der Waals surface area contributed by atoms with Crippen molar-refractivity contribution >= 4 is 16.8 Å². The van der Waals surface area contributed by atoms with Crippen LogP contribution in [0.5, 0.6) is 5.75 Å². The number of rotatable bonds is 5. The van der Waals surface area contributed by atoms with E-state index in [2.05, 4.69) is 0 Å². The molecule has 0 aromatic heterocycles. The standard InChI is InChI=1S/C15H14O4S/c1-19-13-6-3-7-14(9-13)20(18)10-11-4-2-5-12(8-11)15(16)17/h2-9H,10H2,1H3,(H,16,17). The molecular formula is C15H14O4S. The fourth-order valence-corrected chi connectivity index (χ4v) is 2.90. The van der Waals surface area contributed by atoms with Crippen LogP contribution in [-0.2, 0) is 16.6 Å². The number of ether oxygens (including phenoxy) is 1. The van der Waals surface area contributed by atoms with E-state index in [0.29, 0.717) is 10.6 Å². The molecule has 104 valence electrons. The van der Waals surface area contributed by atoms with Gasteiger partial charge in [-0.3, -0.25) is 4.21 Å². The highest BCUT2D eigenvalue weighted by Crippen LogP contribution is 2.18. The van der Waals surface area contributed by atoms with Gasteiger partial charge in [0.25, 0.3) is 0 Å². The minimum atomic E-state index is -1.24. The van der Waals surface area contributed by atoms with E-state index in [1.807, 2.05) is 0 Å². The van der Waals surface area contributed by atoms with Crippen LogP contribution < -0.4 is 4.74 Å². The Bertz CT molecular complexity index is 652. The van der Waals surface area contributed by atoms with Crippen molar-refractivity contribution in [2.75, 3.05) is 7.11 Å². The average molecular weight is 290 g/mol. The van der Waals surface area contributed by atoms with Crippen molar-refractivity contribution < 1.29 is 18.8 Å². The van der Waals surface area contributed by atoms with E-state index in [9.17, 15) is 9.00 Å². The maximum absolute atomic E-state index is 12.3. The second kappa shape index (κ2) is 6.34. The highest BCUT2D eigenvalue weighted by molar-refractivity contribution is 7.84. The van der Waals surface area contributed by atoms with Gasteiger partial charge in [0.2, 0.25) is 0 Å². The predicted molar refractivity (Wildman–Crippen MR) is 76.5 cm³/mol. The van der Waals surface area contributed by atoms with Gasteiger partial charge in [-0.05, 0) is 35.9 Å². The van der Waals surface area contributed by atoms with Gasteiger partial charge in [0.15, 0.2) is 0 Å². The molecule has 1 unspecified atom stereocenters. The van der Waals surface area contributed by atoms with Gasteiger partial charge in [0, 0.05) is 4.90 Å². The molecule has 0 spiro atoms. The Morgan fingerprint density at radius 2 is 1.95 bits per heavy atom. The Labute approximate surface area is 119 Å². The summed E-state index contributed by atoms with van der Waals surface area (Å²) in [6, 6.07) is 13.5. The van der Waals surface area contributed by atoms with Crippen molar-refractivity contribution in [3.8, 4) is 5.75 Å². The lowest BCUT2D eigenvalue weighted by molar-refractivity contribution is 0.0696. The third-order valence-electron chi connectivity index (χ3n) is 2.78. The van der Waals surface area contributed by atoms with Crippen molar-refractivity contribution in [1.82, 2.24) is 0 Å². The molecule has 0 saturated heterocycles. The maximum atomic E-state index is 12.3. The number of hydrogen-bond acceptors (Lipinski definition) is 3. The molecule has 4 nitrogen and oxygen atoms in total. The van der Waals surface area contributed by atoms with E-state index in [1.54, 1.807) is 49.6 Å². The lowest BCUT2D eigenvalue weighted by Gasteiger charge is -2.05. The van der Waals surface area contributed by atoms with Crippen LogP contribution in [0.15, 0.2) is 53.4 Å². The largest absolute Gasteiger partial charge is 0.497 e. The fraction of sp³-hybridized carbons (Fsp3) is 0.133. The monoisotopic (exact) mass is 290 g/mol. The molecule has 20 heavy (non-hydrogen) atoms. The number of hydrogen-bond donors (Lipinski definition) is 1. The minimum absolute atomic E-state index is 0.199. The summed E-state index contributed by atoms with van der Waals surface area (Å²) in [5, 5.41) is 8.94. The number of carboxylic acid groups (broad SMARTS) is 1. The van der Waals surface area contributed by atoms with Gasteiger partial charge < -0.3 is 9.84 Å². The van der Waals surface area contributed by atoms with Crippen LogP contribution in [0.4, 0.5) is 0 Å². The Morgan fingerprint density at radius 3 is 2.65 bits per heavy atom. The first-order valence-corrected chi connectivity index (χ1v) is 7.26. The summed E-state index contributed by atoms with van der Waals surface area (Å²) in [6.07, 6.45) is 0.